The van der Waals surface area contributed by atoms with E-state index >= 15 is 0 Å². The SMILES string of the molecule is CCCc1cc(N)ccc1C(=O)c1ccccc1. The standard InChI is InChI=1S/C16H17NO/c1-2-6-13-11-14(17)9-10-15(13)16(18)12-7-4-3-5-8-12/h3-5,7-11H,2,6,17H2,1H3. The van der Waals surface area contributed by atoms with Crippen molar-refractivity contribution >= 4 is 11.5 Å². The van der Waals surface area contributed by atoms with Gasteiger partial charge in [-0.25, -0.2) is 0 Å². The molecule has 0 unspecified atom stereocenters. The van der Waals surface area contributed by atoms with Gasteiger partial charge in [0.1, 0.15) is 0 Å². The molecule has 0 saturated heterocycles. The minimum atomic E-state index is 0.0686. The molecule has 0 radical (unpaired) electrons. The number of carbonyl (C=O) groups excluding carboxylic acids is 1. The molecule has 92 valence electrons. The Morgan fingerprint density at radius 2 is 1.83 bits per heavy atom. The van der Waals surface area contributed by atoms with Gasteiger partial charge in [0.2, 0.25) is 0 Å². The molecule has 18 heavy (non-hydrogen) atoms. The van der Waals surface area contributed by atoms with E-state index < -0.39 is 0 Å². The molecule has 0 aliphatic heterocycles. The first-order valence-electron chi connectivity index (χ1n) is 6.20. The largest absolute Gasteiger partial charge is 0.399 e. The number of benzene rings is 2. The van der Waals surface area contributed by atoms with E-state index in [1.807, 2.05) is 42.5 Å². The summed E-state index contributed by atoms with van der Waals surface area (Å²) in [6.07, 6.45) is 1.87. The number of rotatable bonds is 4. The summed E-state index contributed by atoms with van der Waals surface area (Å²) < 4.78 is 0. The first-order chi connectivity index (χ1) is 8.72. The minimum Gasteiger partial charge on any atom is -0.399 e. The van der Waals surface area contributed by atoms with E-state index in [0.717, 1.165) is 29.5 Å². The lowest BCUT2D eigenvalue weighted by molar-refractivity contribution is 0.103. The number of carbonyl (C=O) groups is 1. The summed E-state index contributed by atoms with van der Waals surface area (Å²) in [7, 11) is 0. The Morgan fingerprint density at radius 3 is 2.50 bits per heavy atom. The van der Waals surface area contributed by atoms with E-state index in [4.69, 9.17) is 5.73 Å². The Balaban J connectivity index is 2.41. The van der Waals surface area contributed by atoms with Crippen LogP contribution in [0.2, 0.25) is 0 Å². The van der Waals surface area contributed by atoms with Crippen LogP contribution in [0.1, 0.15) is 34.8 Å². The van der Waals surface area contributed by atoms with Gasteiger partial charge in [-0.1, -0.05) is 43.7 Å². The van der Waals surface area contributed by atoms with E-state index in [0.29, 0.717) is 5.69 Å². The van der Waals surface area contributed by atoms with Crippen LogP contribution in [0.5, 0.6) is 0 Å². The molecule has 2 N–H and O–H groups in total. The molecule has 2 aromatic carbocycles. The molecule has 0 fully saturated rings. The lowest BCUT2D eigenvalue weighted by Crippen LogP contribution is -2.06. The van der Waals surface area contributed by atoms with Crippen molar-refractivity contribution in [3.8, 4) is 0 Å². The first kappa shape index (κ1) is 12.4. The summed E-state index contributed by atoms with van der Waals surface area (Å²) in [6, 6.07) is 14.9. The van der Waals surface area contributed by atoms with Crippen LogP contribution in [0.3, 0.4) is 0 Å². The van der Waals surface area contributed by atoms with Crippen LogP contribution in [0, 0.1) is 0 Å². The van der Waals surface area contributed by atoms with Gasteiger partial charge in [0.15, 0.2) is 5.78 Å². The van der Waals surface area contributed by atoms with Crippen LogP contribution in [0.15, 0.2) is 48.5 Å². The quantitative estimate of drug-likeness (QED) is 0.656. The van der Waals surface area contributed by atoms with Gasteiger partial charge in [0.05, 0.1) is 0 Å². The molecule has 0 aliphatic rings. The van der Waals surface area contributed by atoms with Gasteiger partial charge in [-0.15, -0.1) is 0 Å². The number of hydrogen-bond acceptors (Lipinski definition) is 2. The fraction of sp³-hybridized carbons (Fsp3) is 0.188. The molecule has 2 nitrogen and oxygen atoms in total. The first-order valence-corrected chi connectivity index (χ1v) is 6.20. The van der Waals surface area contributed by atoms with Crippen LogP contribution >= 0.6 is 0 Å². The van der Waals surface area contributed by atoms with Crippen LogP contribution < -0.4 is 5.73 Å². The molecular weight excluding hydrogens is 222 g/mol. The van der Waals surface area contributed by atoms with Crippen molar-refractivity contribution < 1.29 is 4.79 Å². The molecule has 0 amide bonds. The third-order valence-electron chi connectivity index (χ3n) is 2.93. The summed E-state index contributed by atoms with van der Waals surface area (Å²) >= 11 is 0. The summed E-state index contributed by atoms with van der Waals surface area (Å²) in [5.41, 5.74) is 9.01. The molecule has 2 rings (SSSR count). The Labute approximate surface area is 107 Å². The van der Waals surface area contributed by atoms with Crippen molar-refractivity contribution in [2.45, 2.75) is 19.8 Å². The van der Waals surface area contributed by atoms with Gasteiger partial charge in [-0.05, 0) is 30.2 Å². The minimum absolute atomic E-state index is 0.0686. The molecule has 0 atom stereocenters. The zero-order chi connectivity index (χ0) is 13.0. The maximum absolute atomic E-state index is 12.4. The topological polar surface area (TPSA) is 43.1 Å². The van der Waals surface area contributed by atoms with Crippen molar-refractivity contribution in [2.24, 2.45) is 0 Å². The van der Waals surface area contributed by atoms with Gasteiger partial charge in [0.25, 0.3) is 0 Å². The van der Waals surface area contributed by atoms with Crippen LogP contribution in [0.4, 0.5) is 5.69 Å². The van der Waals surface area contributed by atoms with Crippen molar-refractivity contribution in [3.05, 3.63) is 65.2 Å². The molecule has 2 aromatic rings. The zero-order valence-corrected chi connectivity index (χ0v) is 10.5. The van der Waals surface area contributed by atoms with Gasteiger partial charge < -0.3 is 5.73 Å². The molecule has 0 spiro atoms. The van der Waals surface area contributed by atoms with Crippen LogP contribution in [-0.4, -0.2) is 5.78 Å². The highest BCUT2D eigenvalue weighted by Crippen LogP contribution is 2.19. The third kappa shape index (κ3) is 2.59. The number of anilines is 1. The van der Waals surface area contributed by atoms with E-state index in [1.165, 1.54) is 0 Å². The van der Waals surface area contributed by atoms with Crippen LogP contribution in [-0.2, 0) is 6.42 Å². The summed E-state index contributed by atoms with van der Waals surface area (Å²) in [5.74, 6) is 0.0686. The molecule has 0 saturated carbocycles. The fourth-order valence-corrected chi connectivity index (χ4v) is 2.06. The molecule has 0 aliphatic carbocycles. The second-order valence-corrected chi connectivity index (χ2v) is 4.36. The van der Waals surface area contributed by atoms with Crippen molar-refractivity contribution in [1.82, 2.24) is 0 Å². The number of aryl methyl sites for hydroxylation is 1. The summed E-state index contributed by atoms with van der Waals surface area (Å²) in [4.78, 5) is 12.4. The molecule has 0 aromatic heterocycles. The highest BCUT2D eigenvalue weighted by atomic mass is 16.1. The lowest BCUT2D eigenvalue weighted by Gasteiger charge is -2.09. The zero-order valence-electron chi connectivity index (χ0n) is 10.5. The molecule has 0 bridgehead atoms. The number of nitrogen functional groups attached to an aromatic ring is 1. The van der Waals surface area contributed by atoms with Gasteiger partial charge >= 0.3 is 0 Å². The van der Waals surface area contributed by atoms with Gasteiger partial charge in [0, 0.05) is 16.8 Å². The third-order valence-corrected chi connectivity index (χ3v) is 2.93. The van der Waals surface area contributed by atoms with E-state index in [9.17, 15) is 4.79 Å². The molecule has 0 heterocycles. The lowest BCUT2D eigenvalue weighted by atomic mass is 9.95. The van der Waals surface area contributed by atoms with Crippen LogP contribution in [0.25, 0.3) is 0 Å². The highest BCUT2D eigenvalue weighted by molar-refractivity contribution is 6.10. The monoisotopic (exact) mass is 239 g/mol. The second-order valence-electron chi connectivity index (χ2n) is 4.36. The Hall–Kier alpha value is -2.09. The van der Waals surface area contributed by atoms with Crippen molar-refractivity contribution in [3.63, 3.8) is 0 Å². The predicted octanol–water partition coefficient (Wildman–Crippen LogP) is 3.45. The van der Waals surface area contributed by atoms with Crippen molar-refractivity contribution in [1.29, 1.82) is 0 Å². The molecule has 2 heteroatoms. The van der Waals surface area contributed by atoms with E-state index in [-0.39, 0.29) is 5.78 Å². The summed E-state index contributed by atoms with van der Waals surface area (Å²) in [6.45, 7) is 2.10. The predicted molar refractivity (Wildman–Crippen MR) is 74.7 cm³/mol. The van der Waals surface area contributed by atoms with Gasteiger partial charge in [-0.2, -0.15) is 0 Å². The van der Waals surface area contributed by atoms with E-state index in [2.05, 4.69) is 6.92 Å². The van der Waals surface area contributed by atoms with Crippen molar-refractivity contribution in [2.75, 3.05) is 5.73 Å². The average molecular weight is 239 g/mol. The van der Waals surface area contributed by atoms with Gasteiger partial charge in [-0.3, -0.25) is 4.79 Å². The fourth-order valence-electron chi connectivity index (χ4n) is 2.06. The summed E-state index contributed by atoms with van der Waals surface area (Å²) in [5, 5.41) is 0. The highest BCUT2D eigenvalue weighted by Gasteiger charge is 2.12. The maximum Gasteiger partial charge on any atom is 0.193 e. The Kier molecular flexibility index (Phi) is 3.78. The Bertz CT molecular complexity index is 546. The maximum atomic E-state index is 12.4. The number of ketones is 1. The normalized spacial score (nSPS) is 10.3. The average Bonchev–Trinajstić information content (AvgIpc) is 2.40. The Morgan fingerprint density at radius 1 is 1.11 bits per heavy atom. The number of hydrogen-bond donors (Lipinski definition) is 1. The smallest absolute Gasteiger partial charge is 0.193 e. The van der Waals surface area contributed by atoms with E-state index in [1.54, 1.807) is 6.07 Å². The second kappa shape index (κ2) is 5.50. The number of nitrogens with two attached hydrogens (primary N) is 1. The molecular formula is C16H17NO.